The molecule has 0 bridgehead atoms. The van der Waals surface area contributed by atoms with Gasteiger partial charge < -0.3 is 19.9 Å². The first kappa shape index (κ1) is 53.8. The van der Waals surface area contributed by atoms with Crippen molar-refractivity contribution >= 4 is 58.4 Å². The van der Waals surface area contributed by atoms with Gasteiger partial charge in [0.1, 0.15) is 29.1 Å². The molecule has 13 nitrogen and oxygen atoms in total. The van der Waals surface area contributed by atoms with Crippen LogP contribution < -0.4 is 17.0 Å². The number of pyridine rings is 2. The van der Waals surface area contributed by atoms with E-state index in [-0.39, 0.29) is 47.1 Å². The van der Waals surface area contributed by atoms with Crippen LogP contribution in [0.4, 0.5) is 8.78 Å². The van der Waals surface area contributed by atoms with Crippen molar-refractivity contribution in [1.82, 2.24) is 9.13 Å². The molecule has 0 spiro atoms. The van der Waals surface area contributed by atoms with Crippen LogP contribution in [-0.2, 0) is 31.9 Å². The molecule has 0 radical (unpaired) electrons. The summed E-state index contributed by atoms with van der Waals surface area (Å²) in [7, 11) is 0. The van der Waals surface area contributed by atoms with Gasteiger partial charge in [0.05, 0.1) is 6.21 Å². The van der Waals surface area contributed by atoms with Crippen molar-refractivity contribution in [2.24, 2.45) is 11.1 Å². The number of halogens is 3. The number of benzene rings is 4. The summed E-state index contributed by atoms with van der Waals surface area (Å²) in [6.45, 7) is 11.0. The van der Waals surface area contributed by atoms with Crippen LogP contribution in [0, 0.1) is 11.6 Å². The fraction of sp³-hybridized carbons (Fsp3) is 0.320. The van der Waals surface area contributed by atoms with Crippen LogP contribution in [0.15, 0.2) is 112 Å². The van der Waals surface area contributed by atoms with Crippen LogP contribution >= 0.6 is 12.4 Å². The van der Waals surface area contributed by atoms with Crippen molar-refractivity contribution in [3.8, 4) is 11.4 Å². The number of fused-ring (bicyclic) bond motifs is 2. The topological polar surface area (TPSA) is 193 Å². The van der Waals surface area contributed by atoms with Gasteiger partial charge in [-0.3, -0.25) is 33.1 Å². The third-order valence-corrected chi connectivity index (χ3v) is 9.72. The van der Waals surface area contributed by atoms with Crippen LogP contribution in [-0.4, -0.2) is 55.2 Å². The fourth-order valence-electron chi connectivity index (χ4n) is 7.05. The smallest absolute Gasteiger partial charge is 0.306 e. The number of rotatable bonds is 14. The number of hydrogen-bond donors (Lipinski definition) is 3. The number of nitrogens with zero attached hydrogens (tertiary/aromatic N) is 3. The predicted molar refractivity (Wildman–Crippen MR) is 254 cm³/mol. The first-order valence-electron chi connectivity index (χ1n) is 21.1. The maximum absolute atomic E-state index is 13.5. The number of unbranched alkanes of at least 4 members (excludes halogenated alkanes) is 2. The minimum absolute atomic E-state index is 0. The van der Waals surface area contributed by atoms with E-state index in [1.165, 1.54) is 30.5 Å². The standard InChI is InChI=1S/C25H27FN2O4.C25H26FNO4.ClH.H3NO/c1-25(2,3)32-23(29)7-5-4-6-21-15-18-14-17(16-27-31)8-13-22(18)24(30)28(21)20-11-9-19(26)10-12-20;1-25(2,3)31-23(29)7-5-4-6-21-15-18-14-17(16-28)8-13-22(18)24(30)27(21)20-11-9-19(26)10-12-20;;1-2/h8-16,31H,4-7H2,1-3H3;8-16H,4-7H2,1-3H3;1H;2H,1H2/b27-16+;;;. The number of carbonyl (C=O) groups is 3. The Bertz CT molecular complexity index is 2740. The summed E-state index contributed by atoms with van der Waals surface area (Å²) in [5.74, 6) is 2.24. The van der Waals surface area contributed by atoms with Crippen LogP contribution in [0.2, 0.25) is 0 Å². The summed E-state index contributed by atoms with van der Waals surface area (Å²) in [4.78, 5) is 61.6. The normalized spacial score (nSPS) is 11.2. The lowest BCUT2D eigenvalue weighted by Crippen LogP contribution is -2.24. The van der Waals surface area contributed by atoms with E-state index in [1.807, 2.05) is 53.7 Å². The summed E-state index contributed by atoms with van der Waals surface area (Å²) in [5.41, 5.74) is 2.27. The molecule has 2 heterocycles. The molecule has 352 valence electrons. The molecule has 0 aliphatic rings. The molecule has 0 atom stereocenters. The van der Waals surface area contributed by atoms with Gasteiger partial charge in [-0.15, -0.1) is 12.4 Å². The number of ether oxygens (including phenoxy) is 2. The molecule has 6 aromatic rings. The summed E-state index contributed by atoms with van der Waals surface area (Å²) in [5, 5.41) is 20.7. The fourth-order valence-corrected chi connectivity index (χ4v) is 7.05. The van der Waals surface area contributed by atoms with Crippen molar-refractivity contribution < 1.29 is 43.1 Å². The van der Waals surface area contributed by atoms with Gasteiger partial charge in [-0.2, -0.15) is 0 Å². The summed E-state index contributed by atoms with van der Waals surface area (Å²) >= 11 is 0. The molecule has 4 aromatic carbocycles. The van der Waals surface area contributed by atoms with Crippen LogP contribution in [0.25, 0.3) is 32.9 Å². The Morgan fingerprint density at radius 1 is 0.621 bits per heavy atom. The molecule has 0 saturated heterocycles. The number of aryl methyl sites for hydroxylation is 2. The Kier molecular flexibility index (Phi) is 20.1. The molecule has 0 fully saturated rings. The second-order valence-electron chi connectivity index (χ2n) is 17.1. The van der Waals surface area contributed by atoms with E-state index in [0.717, 1.165) is 17.7 Å². The lowest BCUT2D eigenvalue weighted by atomic mass is 10.0. The van der Waals surface area contributed by atoms with Gasteiger partial charge in [-0.1, -0.05) is 17.3 Å². The Hall–Kier alpha value is -6.55. The van der Waals surface area contributed by atoms with E-state index < -0.39 is 11.2 Å². The first-order chi connectivity index (χ1) is 30.8. The van der Waals surface area contributed by atoms with Crippen molar-refractivity contribution in [3.63, 3.8) is 0 Å². The zero-order valence-corrected chi connectivity index (χ0v) is 38.7. The average molecular weight is 931 g/mol. The Balaban J connectivity index is 0.000000333. The number of aromatic nitrogens is 2. The van der Waals surface area contributed by atoms with Gasteiger partial charge in [-0.25, -0.2) is 14.7 Å². The van der Waals surface area contributed by atoms with Gasteiger partial charge in [-0.05, 0) is 181 Å². The lowest BCUT2D eigenvalue weighted by Gasteiger charge is -2.19. The van der Waals surface area contributed by atoms with Crippen molar-refractivity contribution in [3.05, 3.63) is 152 Å². The minimum atomic E-state index is -0.520. The highest BCUT2D eigenvalue weighted by atomic mass is 35.5. The van der Waals surface area contributed by atoms with E-state index in [2.05, 4.69) is 11.1 Å². The van der Waals surface area contributed by atoms with E-state index in [0.29, 0.717) is 95.4 Å². The molecule has 0 unspecified atom stereocenters. The highest BCUT2D eigenvalue weighted by molar-refractivity contribution is 5.91. The molecule has 0 aliphatic heterocycles. The van der Waals surface area contributed by atoms with Gasteiger partial charge >= 0.3 is 11.9 Å². The van der Waals surface area contributed by atoms with Gasteiger partial charge in [0.2, 0.25) is 0 Å². The maximum Gasteiger partial charge on any atom is 0.306 e. The number of nitrogens with two attached hydrogens (primary N) is 1. The molecule has 0 amide bonds. The van der Waals surface area contributed by atoms with Crippen molar-refractivity contribution in [2.75, 3.05) is 0 Å². The van der Waals surface area contributed by atoms with Crippen LogP contribution in [0.5, 0.6) is 0 Å². The third-order valence-electron chi connectivity index (χ3n) is 9.72. The average Bonchev–Trinajstić information content (AvgIpc) is 3.24. The number of esters is 2. The minimum Gasteiger partial charge on any atom is -0.460 e. The summed E-state index contributed by atoms with van der Waals surface area (Å²) in [6, 6.07) is 25.4. The second kappa shape index (κ2) is 24.7. The number of oxime groups is 1. The van der Waals surface area contributed by atoms with Crippen molar-refractivity contribution in [2.45, 2.75) is 104 Å². The monoisotopic (exact) mass is 930 g/mol. The van der Waals surface area contributed by atoms with Crippen LogP contribution in [0.1, 0.15) is 107 Å². The molecule has 6 rings (SSSR count). The molecule has 16 heteroatoms. The van der Waals surface area contributed by atoms with E-state index >= 15 is 0 Å². The Labute approximate surface area is 387 Å². The number of aldehydes is 1. The first-order valence-corrected chi connectivity index (χ1v) is 21.1. The molecular formula is C50H57ClF2N4O9. The predicted octanol–water partition coefficient (Wildman–Crippen LogP) is 9.75. The molecule has 0 aliphatic carbocycles. The quantitative estimate of drug-likeness (QED) is 0.0237. The third kappa shape index (κ3) is 15.6. The maximum atomic E-state index is 13.5. The summed E-state index contributed by atoms with van der Waals surface area (Å²) in [6.07, 6.45) is 6.27. The largest absolute Gasteiger partial charge is 0.460 e. The van der Waals surface area contributed by atoms with Gasteiger partial charge in [0, 0.05) is 51.9 Å². The zero-order valence-electron chi connectivity index (χ0n) is 37.9. The highest BCUT2D eigenvalue weighted by Gasteiger charge is 2.18. The Morgan fingerprint density at radius 3 is 1.36 bits per heavy atom. The van der Waals surface area contributed by atoms with E-state index in [9.17, 15) is 32.8 Å². The SMILES string of the molecule is CC(C)(C)OC(=O)CCCCc1cc2cc(/C=N/O)ccc2c(=O)n1-c1ccc(F)cc1.CC(C)(C)OC(=O)CCCCc1cc2cc(C=O)ccc2c(=O)n1-c1ccc(F)cc1.Cl.NO. The molecule has 0 saturated carbocycles. The molecule has 2 aromatic heterocycles. The van der Waals surface area contributed by atoms with Gasteiger partial charge in [0.25, 0.3) is 11.1 Å². The highest BCUT2D eigenvalue weighted by Crippen LogP contribution is 2.22. The van der Waals surface area contributed by atoms with E-state index in [4.69, 9.17) is 19.9 Å². The summed E-state index contributed by atoms with van der Waals surface area (Å²) < 4.78 is 40.7. The van der Waals surface area contributed by atoms with E-state index in [1.54, 1.807) is 69.8 Å². The second-order valence-corrected chi connectivity index (χ2v) is 17.1. The molecule has 4 N–H and O–H groups in total. The molecular weight excluding hydrogens is 874 g/mol. The van der Waals surface area contributed by atoms with Crippen molar-refractivity contribution in [1.29, 1.82) is 0 Å². The molecule has 66 heavy (non-hydrogen) atoms. The number of hydrogen-bond acceptors (Lipinski definition) is 11. The number of carbonyl (C=O) groups excluding carboxylic acids is 3. The zero-order chi connectivity index (χ0) is 47.9. The van der Waals surface area contributed by atoms with Crippen LogP contribution in [0.3, 0.4) is 0 Å². The lowest BCUT2D eigenvalue weighted by molar-refractivity contribution is -0.156. The van der Waals surface area contributed by atoms with Gasteiger partial charge in [0.15, 0.2) is 0 Å². The Morgan fingerprint density at radius 2 is 1.00 bits per heavy atom.